The molecule has 1 aliphatic rings. The third-order valence-corrected chi connectivity index (χ3v) is 4.51. The van der Waals surface area contributed by atoms with Crippen molar-refractivity contribution in [3.8, 4) is 0 Å². The number of pyridine rings is 1. The van der Waals surface area contributed by atoms with Gasteiger partial charge >= 0.3 is 5.97 Å². The number of hydrogen-bond acceptors (Lipinski definition) is 3. The van der Waals surface area contributed by atoms with E-state index >= 15 is 0 Å². The normalized spacial score (nSPS) is 20.0. The number of halogens is 1. The number of likely N-dealkylation sites (tertiary alicyclic amines) is 1. The summed E-state index contributed by atoms with van der Waals surface area (Å²) in [5.74, 6) is -0.928. The van der Waals surface area contributed by atoms with Crippen LogP contribution in [0.15, 0.2) is 22.9 Å². The van der Waals surface area contributed by atoms with E-state index in [9.17, 15) is 9.90 Å². The summed E-state index contributed by atoms with van der Waals surface area (Å²) in [6.45, 7) is 4.35. The molecule has 21 heavy (non-hydrogen) atoms. The molecule has 0 bridgehead atoms. The number of piperidine rings is 1. The maximum Gasteiger partial charge on any atom is 0.307 e. The molecule has 0 aromatic carbocycles. The number of fused-ring (bicyclic) bond motifs is 1. The van der Waals surface area contributed by atoms with Crippen molar-refractivity contribution in [2.24, 2.45) is 5.92 Å². The van der Waals surface area contributed by atoms with E-state index in [1.54, 1.807) is 0 Å². The molecule has 5 nitrogen and oxygen atoms in total. The van der Waals surface area contributed by atoms with Gasteiger partial charge in [0.1, 0.15) is 5.65 Å². The van der Waals surface area contributed by atoms with Crippen molar-refractivity contribution in [1.82, 2.24) is 14.3 Å². The smallest absolute Gasteiger partial charge is 0.307 e. The van der Waals surface area contributed by atoms with E-state index in [0.29, 0.717) is 6.54 Å². The van der Waals surface area contributed by atoms with Crippen molar-refractivity contribution in [3.63, 3.8) is 0 Å². The number of carboxylic acids is 1. The maximum atomic E-state index is 11.2. The van der Waals surface area contributed by atoms with Crippen LogP contribution in [-0.4, -0.2) is 38.4 Å². The quantitative estimate of drug-likeness (QED) is 0.923. The van der Waals surface area contributed by atoms with Crippen molar-refractivity contribution >= 4 is 27.5 Å². The summed E-state index contributed by atoms with van der Waals surface area (Å²) in [6.07, 6.45) is 5.63. The Morgan fingerprint density at radius 1 is 1.57 bits per heavy atom. The van der Waals surface area contributed by atoms with Gasteiger partial charge in [0.15, 0.2) is 0 Å². The number of rotatable bonds is 3. The Hall–Kier alpha value is -1.40. The highest BCUT2D eigenvalue weighted by Gasteiger charge is 2.25. The van der Waals surface area contributed by atoms with Gasteiger partial charge in [-0.05, 0) is 53.9 Å². The highest BCUT2D eigenvalue weighted by Crippen LogP contribution is 2.22. The van der Waals surface area contributed by atoms with Crippen molar-refractivity contribution in [2.45, 2.75) is 26.3 Å². The molecule has 1 unspecified atom stereocenters. The van der Waals surface area contributed by atoms with Gasteiger partial charge in [-0.15, -0.1) is 0 Å². The third kappa shape index (κ3) is 2.96. The summed E-state index contributed by atoms with van der Waals surface area (Å²) in [5, 5.41) is 9.18. The highest BCUT2D eigenvalue weighted by atomic mass is 79.9. The lowest BCUT2D eigenvalue weighted by Crippen LogP contribution is -2.38. The lowest BCUT2D eigenvalue weighted by atomic mass is 9.98. The molecule has 2 aromatic rings. The molecule has 0 aliphatic carbocycles. The summed E-state index contributed by atoms with van der Waals surface area (Å²) in [5.41, 5.74) is 3.18. The Labute approximate surface area is 131 Å². The molecule has 112 valence electrons. The molecule has 6 heteroatoms. The number of aryl methyl sites for hydroxylation is 1. The molecule has 3 heterocycles. The van der Waals surface area contributed by atoms with Crippen LogP contribution in [0, 0.1) is 12.8 Å². The number of aromatic nitrogens is 2. The topological polar surface area (TPSA) is 57.8 Å². The second-order valence-electron chi connectivity index (χ2n) is 5.70. The van der Waals surface area contributed by atoms with Crippen LogP contribution < -0.4 is 0 Å². The van der Waals surface area contributed by atoms with Gasteiger partial charge in [-0.1, -0.05) is 0 Å². The van der Waals surface area contributed by atoms with Crippen LogP contribution in [0.4, 0.5) is 0 Å². The molecule has 2 aromatic heterocycles. The SMILES string of the molecule is Cc1cc(Br)cn2c(CN3CCCC(C(=O)O)C3)cnc12. The number of nitrogens with zero attached hydrogens (tertiary/aromatic N) is 3. The van der Waals surface area contributed by atoms with Crippen LogP contribution in [0.25, 0.3) is 5.65 Å². The molecule has 0 radical (unpaired) electrons. The van der Waals surface area contributed by atoms with Crippen LogP contribution in [0.2, 0.25) is 0 Å². The van der Waals surface area contributed by atoms with Crippen LogP contribution in [0.5, 0.6) is 0 Å². The fourth-order valence-corrected chi connectivity index (χ4v) is 3.56. The zero-order valence-electron chi connectivity index (χ0n) is 11.9. The third-order valence-electron chi connectivity index (χ3n) is 4.07. The molecule has 3 rings (SSSR count). The van der Waals surface area contributed by atoms with Crippen molar-refractivity contribution < 1.29 is 9.90 Å². The Balaban J connectivity index is 1.83. The van der Waals surface area contributed by atoms with E-state index in [2.05, 4.69) is 30.2 Å². The average molecular weight is 352 g/mol. The number of hydrogen-bond donors (Lipinski definition) is 1. The van der Waals surface area contributed by atoms with Gasteiger partial charge in [0.25, 0.3) is 0 Å². The van der Waals surface area contributed by atoms with Crippen molar-refractivity contribution in [3.05, 3.63) is 34.2 Å². The number of aliphatic carboxylic acids is 1. The fraction of sp³-hybridized carbons (Fsp3) is 0.467. The molecule has 1 fully saturated rings. The zero-order chi connectivity index (χ0) is 15.0. The Kier molecular flexibility index (Phi) is 3.99. The zero-order valence-corrected chi connectivity index (χ0v) is 13.5. The molecule has 1 aliphatic heterocycles. The second kappa shape index (κ2) is 5.77. The first-order chi connectivity index (χ1) is 10.0. The lowest BCUT2D eigenvalue weighted by molar-refractivity contribution is -0.143. The van der Waals surface area contributed by atoms with E-state index in [1.807, 2.05) is 25.4 Å². The van der Waals surface area contributed by atoms with Crippen LogP contribution in [-0.2, 0) is 11.3 Å². The highest BCUT2D eigenvalue weighted by molar-refractivity contribution is 9.10. The van der Waals surface area contributed by atoms with E-state index in [0.717, 1.165) is 47.3 Å². The Morgan fingerprint density at radius 3 is 3.14 bits per heavy atom. The molecule has 0 saturated carbocycles. The summed E-state index contributed by atoms with van der Waals surface area (Å²) < 4.78 is 3.11. The minimum atomic E-state index is -0.684. The van der Waals surface area contributed by atoms with Gasteiger partial charge < -0.3 is 9.51 Å². The lowest BCUT2D eigenvalue weighted by Gasteiger charge is -2.30. The van der Waals surface area contributed by atoms with Crippen molar-refractivity contribution in [2.75, 3.05) is 13.1 Å². The molecule has 1 atom stereocenters. The Morgan fingerprint density at radius 2 is 2.38 bits per heavy atom. The van der Waals surface area contributed by atoms with E-state index in [4.69, 9.17) is 0 Å². The average Bonchev–Trinajstić information content (AvgIpc) is 2.82. The molecule has 0 spiro atoms. The maximum absolute atomic E-state index is 11.2. The minimum Gasteiger partial charge on any atom is -0.481 e. The van der Waals surface area contributed by atoms with Gasteiger partial charge in [0.05, 0.1) is 17.8 Å². The first kappa shape index (κ1) is 14.5. The first-order valence-electron chi connectivity index (χ1n) is 7.12. The van der Waals surface area contributed by atoms with Gasteiger partial charge in [0.2, 0.25) is 0 Å². The van der Waals surface area contributed by atoms with E-state index < -0.39 is 5.97 Å². The van der Waals surface area contributed by atoms with Gasteiger partial charge in [-0.25, -0.2) is 4.98 Å². The van der Waals surface area contributed by atoms with Crippen LogP contribution in [0.3, 0.4) is 0 Å². The standard InChI is InChI=1S/C15H18BrN3O2/c1-10-5-12(16)8-19-13(6-17-14(10)19)9-18-4-2-3-11(7-18)15(20)21/h5-6,8,11H,2-4,7,9H2,1H3,(H,20,21). The van der Waals surface area contributed by atoms with E-state index in [-0.39, 0.29) is 5.92 Å². The molecule has 1 saturated heterocycles. The number of imidazole rings is 1. The summed E-state index contributed by atoms with van der Waals surface area (Å²) in [4.78, 5) is 17.8. The minimum absolute atomic E-state index is 0.244. The van der Waals surface area contributed by atoms with Gasteiger partial charge in [0, 0.05) is 23.8 Å². The summed E-state index contributed by atoms with van der Waals surface area (Å²) in [7, 11) is 0. The fourth-order valence-electron chi connectivity index (χ4n) is 3.01. The Bertz CT molecular complexity index is 683. The molecular formula is C15H18BrN3O2. The summed E-state index contributed by atoms with van der Waals surface area (Å²) in [6, 6.07) is 2.05. The first-order valence-corrected chi connectivity index (χ1v) is 7.91. The molecule has 0 amide bonds. The number of carbonyl (C=O) groups is 1. The molecule has 1 N–H and O–H groups in total. The van der Waals surface area contributed by atoms with Crippen LogP contribution in [0.1, 0.15) is 24.1 Å². The monoisotopic (exact) mass is 351 g/mol. The summed E-state index contributed by atoms with van der Waals surface area (Å²) >= 11 is 3.52. The van der Waals surface area contributed by atoms with E-state index in [1.165, 1.54) is 0 Å². The van der Waals surface area contributed by atoms with Gasteiger partial charge in [-0.2, -0.15) is 0 Å². The largest absolute Gasteiger partial charge is 0.481 e. The second-order valence-corrected chi connectivity index (χ2v) is 6.61. The predicted molar refractivity (Wildman–Crippen MR) is 83.3 cm³/mol. The van der Waals surface area contributed by atoms with Crippen molar-refractivity contribution in [1.29, 1.82) is 0 Å². The predicted octanol–water partition coefficient (Wildman–Crippen LogP) is 2.70. The molecular weight excluding hydrogens is 334 g/mol. The number of carboxylic acid groups (broad SMARTS) is 1. The van der Waals surface area contributed by atoms with Crippen LogP contribution >= 0.6 is 15.9 Å². The van der Waals surface area contributed by atoms with Gasteiger partial charge in [-0.3, -0.25) is 9.69 Å².